The Morgan fingerprint density at radius 1 is 1.26 bits per heavy atom. The van der Waals surface area contributed by atoms with Gasteiger partial charge in [0.2, 0.25) is 0 Å². The van der Waals surface area contributed by atoms with Gasteiger partial charge in [0.25, 0.3) is 0 Å². The van der Waals surface area contributed by atoms with Crippen LogP contribution in [0.1, 0.15) is 41.5 Å². The molecule has 0 saturated carbocycles. The highest BCUT2D eigenvalue weighted by Gasteiger charge is 2.54. The summed E-state index contributed by atoms with van der Waals surface area (Å²) in [6.45, 7) is 2.61. The number of fused-ring (bicyclic) bond motifs is 1. The average molecular weight is 393 g/mol. The molecule has 1 aliphatic rings. The van der Waals surface area contributed by atoms with Gasteiger partial charge >= 0.3 is 0 Å². The zero-order valence-corrected chi connectivity index (χ0v) is 15.6. The number of aryl methyl sites for hydroxylation is 1. The molecule has 3 unspecified atom stereocenters. The summed E-state index contributed by atoms with van der Waals surface area (Å²) in [5.74, 6) is 0.106. The van der Waals surface area contributed by atoms with Crippen LogP contribution in [0.2, 0.25) is 0 Å². The highest BCUT2D eigenvalue weighted by atomic mass is 32.2. The van der Waals surface area contributed by atoms with E-state index in [1.54, 1.807) is 19.1 Å². The molecule has 1 N–H and O–H groups in total. The summed E-state index contributed by atoms with van der Waals surface area (Å²) < 4.78 is 59.3. The SMILES string of the molecule is Cc1cc(C#N)cc(Oc2ccc(S(C)(=O)=O)c3c2C(F)C(C)(F)C3O)c1. The number of halogens is 2. The first-order valence-electron chi connectivity index (χ1n) is 8.04. The lowest BCUT2D eigenvalue weighted by Gasteiger charge is -2.20. The van der Waals surface area contributed by atoms with Gasteiger partial charge in [-0.15, -0.1) is 0 Å². The topological polar surface area (TPSA) is 87.4 Å². The number of sulfone groups is 1. The van der Waals surface area contributed by atoms with Crippen molar-refractivity contribution in [3.8, 4) is 17.6 Å². The number of nitriles is 1. The van der Waals surface area contributed by atoms with Crippen molar-refractivity contribution in [2.75, 3.05) is 6.26 Å². The summed E-state index contributed by atoms with van der Waals surface area (Å²) >= 11 is 0. The molecule has 5 nitrogen and oxygen atoms in total. The van der Waals surface area contributed by atoms with E-state index in [4.69, 9.17) is 10.00 Å². The first kappa shape index (κ1) is 19.3. The van der Waals surface area contributed by atoms with E-state index < -0.39 is 27.8 Å². The molecule has 1 aliphatic carbocycles. The molecule has 0 fully saturated rings. The smallest absolute Gasteiger partial charge is 0.175 e. The van der Waals surface area contributed by atoms with E-state index in [9.17, 15) is 22.3 Å². The van der Waals surface area contributed by atoms with Crippen molar-refractivity contribution in [3.05, 3.63) is 52.6 Å². The number of alkyl halides is 2. The van der Waals surface area contributed by atoms with Gasteiger partial charge < -0.3 is 9.84 Å². The van der Waals surface area contributed by atoms with Crippen molar-refractivity contribution >= 4 is 9.84 Å². The first-order valence-corrected chi connectivity index (χ1v) is 9.93. The fourth-order valence-electron chi connectivity index (χ4n) is 3.25. The van der Waals surface area contributed by atoms with Gasteiger partial charge in [0.15, 0.2) is 21.7 Å². The molecule has 2 aromatic carbocycles. The summed E-state index contributed by atoms with van der Waals surface area (Å²) in [6.07, 6.45) is -3.33. The van der Waals surface area contributed by atoms with Crippen LogP contribution in [0.4, 0.5) is 8.78 Å². The van der Waals surface area contributed by atoms with E-state index in [1.165, 1.54) is 12.1 Å². The van der Waals surface area contributed by atoms with Crippen molar-refractivity contribution in [2.45, 2.75) is 36.7 Å². The molecular weight excluding hydrogens is 376 g/mol. The fraction of sp³-hybridized carbons (Fsp3) is 0.316. The van der Waals surface area contributed by atoms with Crippen molar-refractivity contribution in [3.63, 3.8) is 0 Å². The van der Waals surface area contributed by atoms with Gasteiger partial charge in [-0.25, -0.2) is 17.2 Å². The average Bonchev–Trinajstić information content (AvgIpc) is 2.75. The largest absolute Gasteiger partial charge is 0.457 e. The Labute approximate surface area is 155 Å². The Morgan fingerprint density at radius 3 is 2.52 bits per heavy atom. The van der Waals surface area contributed by atoms with E-state index >= 15 is 0 Å². The van der Waals surface area contributed by atoms with Crippen LogP contribution >= 0.6 is 0 Å². The molecule has 8 heteroatoms. The van der Waals surface area contributed by atoms with Crippen molar-refractivity contribution in [2.24, 2.45) is 0 Å². The Kier molecular flexibility index (Phi) is 4.49. The van der Waals surface area contributed by atoms with Crippen molar-refractivity contribution in [1.82, 2.24) is 0 Å². The molecule has 0 bridgehead atoms. The van der Waals surface area contributed by atoms with Gasteiger partial charge in [-0.1, -0.05) is 0 Å². The van der Waals surface area contributed by atoms with Crippen molar-refractivity contribution in [1.29, 1.82) is 5.26 Å². The van der Waals surface area contributed by atoms with E-state index in [1.807, 2.05) is 6.07 Å². The lowest BCUT2D eigenvalue weighted by Crippen LogP contribution is -2.26. The van der Waals surface area contributed by atoms with Crippen LogP contribution in [0.5, 0.6) is 11.5 Å². The van der Waals surface area contributed by atoms with E-state index in [2.05, 4.69) is 0 Å². The van der Waals surface area contributed by atoms with Crippen LogP contribution < -0.4 is 4.74 Å². The van der Waals surface area contributed by atoms with Crippen molar-refractivity contribution < 1.29 is 27.0 Å². The minimum atomic E-state index is -3.83. The van der Waals surface area contributed by atoms with Gasteiger partial charge in [-0.2, -0.15) is 5.26 Å². The van der Waals surface area contributed by atoms with Crippen LogP contribution in [0.25, 0.3) is 0 Å². The number of nitrogens with zero attached hydrogens (tertiary/aromatic N) is 1. The number of hydrogen-bond acceptors (Lipinski definition) is 5. The van der Waals surface area contributed by atoms with Gasteiger partial charge in [-0.05, 0) is 49.7 Å². The Bertz CT molecular complexity index is 1070. The fourth-order valence-corrected chi connectivity index (χ4v) is 4.19. The molecule has 0 saturated heterocycles. The molecular formula is C19H17F2NO4S. The quantitative estimate of drug-likeness (QED) is 0.856. The molecule has 2 aromatic rings. The maximum absolute atomic E-state index is 14.8. The van der Waals surface area contributed by atoms with E-state index in [0.29, 0.717) is 5.56 Å². The zero-order valence-electron chi connectivity index (χ0n) is 14.8. The predicted octanol–water partition coefficient (Wildman–Crippen LogP) is 3.85. The third kappa shape index (κ3) is 3.17. The number of hydrogen-bond donors (Lipinski definition) is 1. The summed E-state index contributed by atoms with van der Waals surface area (Å²) in [7, 11) is -3.83. The summed E-state index contributed by atoms with van der Waals surface area (Å²) in [4.78, 5) is -0.344. The third-order valence-corrected chi connectivity index (χ3v) is 5.73. The number of benzene rings is 2. The summed E-state index contributed by atoms with van der Waals surface area (Å²) in [5.41, 5.74) is -2.33. The highest BCUT2D eigenvalue weighted by molar-refractivity contribution is 7.90. The first-order chi connectivity index (χ1) is 12.5. The third-order valence-electron chi connectivity index (χ3n) is 4.57. The predicted molar refractivity (Wildman–Crippen MR) is 93.8 cm³/mol. The second-order valence-electron chi connectivity index (χ2n) is 6.83. The molecule has 0 aromatic heterocycles. The van der Waals surface area contributed by atoms with Gasteiger partial charge in [0.05, 0.1) is 16.5 Å². The zero-order chi connectivity index (χ0) is 20.1. The Morgan fingerprint density at radius 2 is 1.93 bits per heavy atom. The minimum Gasteiger partial charge on any atom is -0.457 e. The molecule has 27 heavy (non-hydrogen) atoms. The maximum atomic E-state index is 14.8. The van der Waals surface area contributed by atoms with Crippen LogP contribution in [0.15, 0.2) is 35.2 Å². The van der Waals surface area contributed by atoms with Gasteiger partial charge in [0.1, 0.15) is 17.6 Å². The Hall–Kier alpha value is -2.50. The number of ether oxygens (including phenoxy) is 1. The van der Waals surface area contributed by atoms with Crippen LogP contribution in [0, 0.1) is 18.3 Å². The van der Waals surface area contributed by atoms with Gasteiger partial charge in [0, 0.05) is 17.4 Å². The van der Waals surface area contributed by atoms with Crippen LogP contribution in [-0.4, -0.2) is 25.4 Å². The summed E-state index contributed by atoms with van der Waals surface area (Å²) in [5, 5.41) is 19.3. The standard InChI is InChI=1S/C19H17F2NO4S/c1-10-6-11(9-22)8-12(7-10)26-13-4-5-14(27(3,24)25)16-15(13)17(20)19(2,21)18(16)23/h4-8,17-18,23H,1-3H3. The monoisotopic (exact) mass is 393 g/mol. The summed E-state index contributed by atoms with van der Waals surface area (Å²) in [6, 6.07) is 9.01. The lowest BCUT2D eigenvalue weighted by atomic mass is 10.0. The minimum absolute atomic E-state index is 0.111. The lowest BCUT2D eigenvalue weighted by molar-refractivity contribution is -0.0343. The number of aliphatic hydroxyl groups excluding tert-OH is 1. The molecule has 0 aliphatic heterocycles. The molecule has 142 valence electrons. The normalized spacial score (nSPS) is 24.3. The second-order valence-corrected chi connectivity index (χ2v) is 8.81. The Balaban J connectivity index is 2.21. The molecule has 0 radical (unpaired) electrons. The van der Waals surface area contributed by atoms with Crippen LogP contribution in [-0.2, 0) is 9.84 Å². The molecule has 0 heterocycles. The van der Waals surface area contributed by atoms with E-state index in [-0.39, 0.29) is 27.5 Å². The van der Waals surface area contributed by atoms with Gasteiger partial charge in [-0.3, -0.25) is 0 Å². The molecule has 3 rings (SSSR count). The van der Waals surface area contributed by atoms with Crippen LogP contribution in [0.3, 0.4) is 0 Å². The number of aliphatic hydroxyl groups is 1. The highest BCUT2D eigenvalue weighted by Crippen LogP contribution is 2.56. The molecule has 0 spiro atoms. The molecule has 0 amide bonds. The molecule has 3 atom stereocenters. The second kappa shape index (κ2) is 6.29. The van der Waals surface area contributed by atoms with E-state index in [0.717, 1.165) is 24.8 Å². The number of rotatable bonds is 3. The maximum Gasteiger partial charge on any atom is 0.175 e.